The van der Waals surface area contributed by atoms with Crippen LogP contribution in [-0.4, -0.2) is 24.0 Å². The number of ether oxygens (including phenoxy) is 1. The Hall–Kier alpha value is -1.94. The van der Waals surface area contributed by atoms with E-state index in [0.717, 1.165) is 12.1 Å². The van der Waals surface area contributed by atoms with E-state index in [1.165, 1.54) is 0 Å². The molecule has 0 aliphatic carbocycles. The molecule has 1 unspecified atom stereocenters. The van der Waals surface area contributed by atoms with E-state index in [0.29, 0.717) is 32.3 Å². The van der Waals surface area contributed by atoms with Gasteiger partial charge in [0.15, 0.2) is 5.78 Å². The summed E-state index contributed by atoms with van der Waals surface area (Å²) in [6, 6.07) is 3.77. The lowest BCUT2D eigenvalue weighted by molar-refractivity contribution is -0.137. The SMILES string of the molecule is N#CC(C(=O)C1CCOCC1)c1ccc(C(F)(F)F)cn1. The van der Waals surface area contributed by atoms with E-state index in [1.807, 2.05) is 6.07 Å². The van der Waals surface area contributed by atoms with Crippen molar-refractivity contribution in [2.75, 3.05) is 13.2 Å². The van der Waals surface area contributed by atoms with Crippen molar-refractivity contribution in [3.05, 3.63) is 29.6 Å². The number of carbonyl (C=O) groups excluding carboxylic acids is 1. The fourth-order valence-electron chi connectivity index (χ4n) is 2.24. The van der Waals surface area contributed by atoms with Crippen LogP contribution >= 0.6 is 0 Å². The Bertz CT molecular complexity index is 543. The fraction of sp³-hybridized carbons (Fsp3) is 0.500. The molecule has 1 aliphatic heterocycles. The second-order valence-electron chi connectivity index (χ2n) is 4.82. The summed E-state index contributed by atoms with van der Waals surface area (Å²) in [5.41, 5.74) is -0.844. The van der Waals surface area contributed by atoms with Crippen LogP contribution in [-0.2, 0) is 15.7 Å². The van der Waals surface area contributed by atoms with E-state index >= 15 is 0 Å². The minimum absolute atomic E-state index is 0.0574. The second-order valence-corrected chi connectivity index (χ2v) is 4.82. The number of aromatic nitrogens is 1. The quantitative estimate of drug-likeness (QED) is 0.860. The molecule has 1 aromatic heterocycles. The topological polar surface area (TPSA) is 63.0 Å². The lowest BCUT2D eigenvalue weighted by Crippen LogP contribution is -2.27. The normalized spacial score (nSPS) is 18.0. The number of nitrogens with zero attached hydrogens (tertiary/aromatic N) is 2. The molecule has 2 rings (SSSR count). The highest BCUT2D eigenvalue weighted by Gasteiger charge is 2.33. The van der Waals surface area contributed by atoms with Gasteiger partial charge in [-0.3, -0.25) is 9.78 Å². The Morgan fingerprint density at radius 3 is 2.52 bits per heavy atom. The number of rotatable bonds is 3. The molecule has 1 saturated heterocycles. The minimum Gasteiger partial charge on any atom is -0.381 e. The average molecular weight is 298 g/mol. The van der Waals surface area contributed by atoms with Gasteiger partial charge in [0.1, 0.15) is 5.92 Å². The highest BCUT2D eigenvalue weighted by molar-refractivity contribution is 5.90. The molecule has 21 heavy (non-hydrogen) atoms. The first-order valence-corrected chi connectivity index (χ1v) is 6.47. The van der Waals surface area contributed by atoms with Crippen molar-refractivity contribution < 1.29 is 22.7 Å². The lowest BCUT2D eigenvalue weighted by Gasteiger charge is -2.22. The number of hydrogen-bond acceptors (Lipinski definition) is 4. The van der Waals surface area contributed by atoms with E-state index in [4.69, 9.17) is 10.00 Å². The molecular formula is C14H13F3N2O2. The Labute approximate surface area is 119 Å². The summed E-state index contributed by atoms with van der Waals surface area (Å²) in [6.07, 6.45) is -2.79. The van der Waals surface area contributed by atoms with E-state index in [9.17, 15) is 18.0 Å². The van der Waals surface area contributed by atoms with E-state index in [2.05, 4.69) is 4.98 Å². The molecule has 0 aromatic carbocycles. The Morgan fingerprint density at radius 2 is 2.05 bits per heavy atom. The Balaban J connectivity index is 2.17. The maximum atomic E-state index is 12.5. The molecule has 2 heterocycles. The second kappa shape index (κ2) is 6.22. The van der Waals surface area contributed by atoms with Gasteiger partial charge in [0.2, 0.25) is 0 Å². The van der Waals surface area contributed by atoms with Crippen LogP contribution in [0, 0.1) is 17.2 Å². The Kier molecular flexibility index (Phi) is 4.58. The van der Waals surface area contributed by atoms with Gasteiger partial charge in [-0.2, -0.15) is 18.4 Å². The first-order chi connectivity index (χ1) is 9.93. The predicted molar refractivity (Wildman–Crippen MR) is 66.1 cm³/mol. The summed E-state index contributed by atoms with van der Waals surface area (Å²) in [5.74, 6) is -1.73. The van der Waals surface area contributed by atoms with E-state index in [1.54, 1.807) is 0 Å². The van der Waals surface area contributed by atoms with E-state index in [-0.39, 0.29) is 17.4 Å². The minimum atomic E-state index is -4.49. The maximum absolute atomic E-state index is 12.5. The predicted octanol–water partition coefficient (Wildman–Crippen LogP) is 2.70. The molecule has 1 atom stereocenters. The maximum Gasteiger partial charge on any atom is 0.417 e. The average Bonchev–Trinajstić information content (AvgIpc) is 2.48. The largest absolute Gasteiger partial charge is 0.417 e. The van der Waals surface area contributed by atoms with Crippen molar-refractivity contribution in [1.82, 2.24) is 4.98 Å². The van der Waals surface area contributed by atoms with Gasteiger partial charge < -0.3 is 4.74 Å². The molecule has 7 heteroatoms. The fourth-order valence-corrected chi connectivity index (χ4v) is 2.24. The molecule has 0 N–H and O–H groups in total. The van der Waals surface area contributed by atoms with Crippen LogP contribution in [0.4, 0.5) is 13.2 Å². The molecule has 1 aliphatic rings. The summed E-state index contributed by atoms with van der Waals surface area (Å²) < 4.78 is 42.5. The molecule has 1 fully saturated rings. The number of alkyl halides is 3. The van der Waals surface area contributed by atoms with Gasteiger partial charge in [-0.05, 0) is 25.0 Å². The monoisotopic (exact) mass is 298 g/mol. The number of nitriles is 1. The number of Topliss-reactive ketones (excluding diaryl/α,β-unsaturated/α-hetero) is 1. The third-order valence-corrected chi connectivity index (χ3v) is 3.45. The molecule has 0 spiro atoms. The number of ketones is 1. The van der Waals surface area contributed by atoms with Crippen molar-refractivity contribution in [2.24, 2.45) is 5.92 Å². The van der Waals surface area contributed by atoms with Crippen LogP contribution in [0.25, 0.3) is 0 Å². The standard InChI is InChI=1S/C14H13F3N2O2/c15-14(16,17)10-1-2-12(19-8-10)11(7-18)13(20)9-3-5-21-6-4-9/h1-2,8-9,11H,3-6H2. The number of hydrogen-bond donors (Lipinski definition) is 0. The molecule has 0 saturated carbocycles. The first kappa shape index (κ1) is 15.4. The summed E-state index contributed by atoms with van der Waals surface area (Å²) >= 11 is 0. The zero-order valence-corrected chi connectivity index (χ0v) is 11.1. The van der Waals surface area contributed by atoms with Crippen molar-refractivity contribution in [3.8, 4) is 6.07 Å². The van der Waals surface area contributed by atoms with Crippen LogP contribution in [0.2, 0.25) is 0 Å². The first-order valence-electron chi connectivity index (χ1n) is 6.47. The van der Waals surface area contributed by atoms with Crippen LogP contribution in [0.1, 0.15) is 30.0 Å². The van der Waals surface area contributed by atoms with Crippen LogP contribution < -0.4 is 0 Å². The highest BCUT2D eigenvalue weighted by Crippen LogP contribution is 2.30. The summed E-state index contributed by atoms with van der Waals surface area (Å²) in [7, 11) is 0. The van der Waals surface area contributed by atoms with Gasteiger partial charge in [0.25, 0.3) is 0 Å². The summed E-state index contributed by atoms with van der Waals surface area (Å²) in [5, 5.41) is 9.15. The summed E-state index contributed by atoms with van der Waals surface area (Å²) in [6.45, 7) is 0.907. The molecule has 4 nitrogen and oxygen atoms in total. The van der Waals surface area contributed by atoms with Gasteiger partial charge in [-0.1, -0.05) is 0 Å². The molecule has 0 bridgehead atoms. The third kappa shape index (κ3) is 3.58. The zero-order valence-electron chi connectivity index (χ0n) is 11.1. The van der Waals surface area contributed by atoms with E-state index < -0.39 is 17.7 Å². The van der Waals surface area contributed by atoms with Crippen LogP contribution in [0.3, 0.4) is 0 Å². The lowest BCUT2D eigenvalue weighted by atomic mass is 9.86. The molecule has 112 valence electrons. The van der Waals surface area contributed by atoms with Crippen molar-refractivity contribution in [1.29, 1.82) is 5.26 Å². The molecule has 1 aromatic rings. The van der Waals surface area contributed by atoms with Crippen LogP contribution in [0.5, 0.6) is 0 Å². The van der Waals surface area contributed by atoms with Gasteiger partial charge in [-0.15, -0.1) is 0 Å². The number of carbonyl (C=O) groups is 1. The van der Waals surface area contributed by atoms with Crippen molar-refractivity contribution >= 4 is 5.78 Å². The Morgan fingerprint density at radius 1 is 1.38 bits per heavy atom. The van der Waals surface area contributed by atoms with Gasteiger partial charge in [0, 0.05) is 25.3 Å². The number of halogens is 3. The van der Waals surface area contributed by atoms with Gasteiger partial charge >= 0.3 is 6.18 Å². The summed E-state index contributed by atoms with van der Waals surface area (Å²) in [4.78, 5) is 15.9. The van der Waals surface area contributed by atoms with Gasteiger partial charge in [-0.25, -0.2) is 0 Å². The third-order valence-electron chi connectivity index (χ3n) is 3.45. The van der Waals surface area contributed by atoms with Crippen LogP contribution in [0.15, 0.2) is 18.3 Å². The van der Waals surface area contributed by atoms with Gasteiger partial charge in [0.05, 0.1) is 17.3 Å². The molecule has 0 radical (unpaired) electrons. The molecular weight excluding hydrogens is 285 g/mol. The van der Waals surface area contributed by atoms with Crippen molar-refractivity contribution in [2.45, 2.75) is 24.9 Å². The van der Waals surface area contributed by atoms with Crippen molar-refractivity contribution in [3.63, 3.8) is 0 Å². The molecule has 0 amide bonds. The zero-order chi connectivity index (χ0) is 15.5. The number of pyridine rings is 1. The smallest absolute Gasteiger partial charge is 0.381 e. The highest BCUT2D eigenvalue weighted by atomic mass is 19.4.